The van der Waals surface area contributed by atoms with E-state index in [0.717, 1.165) is 41.1 Å². The lowest BCUT2D eigenvalue weighted by Gasteiger charge is -2.05. The first-order chi connectivity index (χ1) is 14.1. The number of H-pyrrole nitrogens is 1. The van der Waals surface area contributed by atoms with Gasteiger partial charge < -0.3 is 9.47 Å². The molecule has 3 heterocycles. The molecule has 8 heteroatoms. The molecule has 4 aromatic rings. The van der Waals surface area contributed by atoms with Gasteiger partial charge in [-0.3, -0.25) is 14.6 Å². The molecule has 1 N–H and O–H groups in total. The normalized spacial score (nSPS) is 11.3. The van der Waals surface area contributed by atoms with Crippen molar-refractivity contribution in [3.05, 3.63) is 58.8 Å². The number of benzene rings is 1. The summed E-state index contributed by atoms with van der Waals surface area (Å²) in [5.41, 5.74) is 4.29. The fraction of sp³-hybridized carbons (Fsp3) is 0.286. The first-order valence-corrected chi connectivity index (χ1v) is 9.45. The molecule has 0 bridgehead atoms. The number of methoxy groups -OCH3 is 2. The van der Waals surface area contributed by atoms with Gasteiger partial charge in [0.1, 0.15) is 5.75 Å². The molecule has 0 fully saturated rings. The van der Waals surface area contributed by atoms with Crippen LogP contribution in [0.1, 0.15) is 19.0 Å². The van der Waals surface area contributed by atoms with Gasteiger partial charge in [0.15, 0.2) is 5.65 Å². The zero-order valence-corrected chi connectivity index (χ0v) is 16.7. The number of aryl methyl sites for hydroxylation is 1. The Kier molecular flexibility index (Phi) is 5.18. The molecule has 0 radical (unpaired) electrons. The summed E-state index contributed by atoms with van der Waals surface area (Å²) in [4.78, 5) is 17.6. The number of hydrogen-bond acceptors (Lipinski definition) is 5. The highest BCUT2D eigenvalue weighted by atomic mass is 16.5. The predicted octanol–water partition coefficient (Wildman–Crippen LogP) is 3.12. The number of fused-ring (bicyclic) bond motifs is 1. The zero-order valence-electron chi connectivity index (χ0n) is 16.7. The van der Waals surface area contributed by atoms with Gasteiger partial charge in [-0.1, -0.05) is 19.1 Å². The molecule has 3 aromatic heterocycles. The van der Waals surface area contributed by atoms with Crippen molar-refractivity contribution in [1.29, 1.82) is 0 Å². The first-order valence-electron chi connectivity index (χ1n) is 9.45. The Hall–Kier alpha value is -3.39. The number of hydrogen-bond donors (Lipinski definition) is 1. The Bertz CT molecular complexity index is 1190. The molecule has 0 aliphatic carbocycles. The molecule has 0 saturated carbocycles. The number of aromatic amines is 1. The summed E-state index contributed by atoms with van der Waals surface area (Å²) < 4.78 is 13.9. The number of aromatic nitrogens is 5. The Morgan fingerprint density at radius 3 is 2.62 bits per heavy atom. The maximum atomic E-state index is 12.8. The third-order valence-electron chi connectivity index (χ3n) is 4.74. The van der Waals surface area contributed by atoms with Gasteiger partial charge >= 0.3 is 0 Å². The van der Waals surface area contributed by atoms with E-state index in [9.17, 15) is 4.79 Å². The molecule has 150 valence electrons. The lowest BCUT2D eigenvalue weighted by molar-refractivity contribution is 0.181. The van der Waals surface area contributed by atoms with Gasteiger partial charge in [-0.05, 0) is 24.1 Å². The zero-order chi connectivity index (χ0) is 20.4. The van der Waals surface area contributed by atoms with Crippen molar-refractivity contribution < 1.29 is 9.47 Å². The van der Waals surface area contributed by atoms with Gasteiger partial charge in [-0.2, -0.15) is 5.10 Å². The van der Waals surface area contributed by atoms with Crippen LogP contribution in [-0.2, 0) is 17.9 Å². The average molecular weight is 393 g/mol. The third kappa shape index (κ3) is 3.54. The lowest BCUT2D eigenvalue weighted by atomic mass is 10.1. The van der Waals surface area contributed by atoms with Gasteiger partial charge in [0.25, 0.3) is 5.56 Å². The topological polar surface area (TPSA) is 86.4 Å². The fourth-order valence-corrected chi connectivity index (χ4v) is 3.39. The smallest absolute Gasteiger partial charge is 0.273 e. The second kappa shape index (κ2) is 7.92. The predicted molar refractivity (Wildman–Crippen MR) is 110 cm³/mol. The minimum atomic E-state index is -0.189. The Morgan fingerprint density at radius 1 is 1.14 bits per heavy atom. The van der Waals surface area contributed by atoms with E-state index < -0.39 is 0 Å². The van der Waals surface area contributed by atoms with E-state index in [1.54, 1.807) is 20.4 Å². The van der Waals surface area contributed by atoms with Gasteiger partial charge in [0.2, 0.25) is 0 Å². The molecule has 29 heavy (non-hydrogen) atoms. The van der Waals surface area contributed by atoms with Crippen molar-refractivity contribution in [2.24, 2.45) is 0 Å². The number of rotatable bonds is 7. The Balaban J connectivity index is 1.90. The van der Waals surface area contributed by atoms with E-state index in [4.69, 9.17) is 14.5 Å². The van der Waals surface area contributed by atoms with E-state index in [2.05, 4.69) is 17.1 Å². The highest BCUT2D eigenvalue weighted by molar-refractivity contribution is 5.81. The first kappa shape index (κ1) is 18.9. The van der Waals surface area contributed by atoms with Crippen molar-refractivity contribution >= 4 is 5.65 Å². The Morgan fingerprint density at radius 2 is 1.93 bits per heavy atom. The van der Waals surface area contributed by atoms with Gasteiger partial charge in [-0.25, -0.2) is 9.50 Å². The van der Waals surface area contributed by atoms with Crippen LogP contribution < -0.4 is 10.3 Å². The molecule has 1 aromatic carbocycles. The average Bonchev–Trinajstić information content (AvgIpc) is 3.34. The number of nitrogens with one attached hydrogen (secondary N) is 1. The van der Waals surface area contributed by atoms with Crippen LogP contribution in [-0.4, -0.2) is 38.6 Å². The van der Waals surface area contributed by atoms with Crippen LogP contribution in [0.15, 0.2) is 47.5 Å². The van der Waals surface area contributed by atoms with Gasteiger partial charge in [0.05, 0.1) is 31.3 Å². The molecule has 0 aliphatic heterocycles. The molecule has 0 unspecified atom stereocenters. The van der Waals surface area contributed by atoms with E-state index >= 15 is 0 Å². The van der Waals surface area contributed by atoms with Gasteiger partial charge in [-0.15, -0.1) is 0 Å². The van der Waals surface area contributed by atoms with E-state index in [1.807, 2.05) is 35.1 Å². The highest BCUT2D eigenvalue weighted by Crippen LogP contribution is 2.30. The largest absolute Gasteiger partial charge is 0.497 e. The van der Waals surface area contributed by atoms with Crippen LogP contribution >= 0.6 is 0 Å². The van der Waals surface area contributed by atoms with Crippen molar-refractivity contribution in [2.45, 2.75) is 26.5 Å². The lowest BCUT2D eigenvalue weighted by Crippen LogP contribution is -2.14. The molecule has 0 aliphatic rings. The molecule has 8 nitrogen and oxygen atoms in total. The fourth-order valence-electron chi connectivity index (χ4n) is 3.39. The molecule has 0 saturated heterocycles. The Labute approximate surface area is 167 Å². The van der Waals surface area contributed by atoms with E-state index in [0.29, 0.717) is 17.9 Å². The van der Waals surface area contributed by atoms with Crippen molar-refractivity contribution in [3.8, 4) is 28.1 Å². The SMILES string of the molecule is CCCn1cc(-c2cc(=O)n3[nH]c(COC)c(-c4ccc(OC)cc4)c3n2)cn1. The van der Waals surface area contributed by atoms with E-state index in [1.165, 1.54) is 10.6 Å². The number of ether oxygens (including phenoxy) is 2. The molecule has 0 amide bonds. The molecular formula is C21H23N5O3. The van der Waals surface area contributed by atoms with Crippen molar-refractivity contribution in [3.63, 3.8) is 0 Å². The third-order valence-corrected chi connectivity index (χ3v) is 4.74. The molecule has 0 atom stereocenters. The minimum Gasteiger partial charge on any atom is -0.497 e. The number of nitrogens with zero attached hydrogens (tertiary/aromatic N) is 4. The summed E-state index contributed by atoms with van der Waals surface area (Å²) in [6.07, 6.45) is 4.64. The highest BCUT2D eigenvalue weighted by Gasteiger charge is 2.18. The second-order valence-corrected chi connectivity index (χ2v) is 6.76. The van der Waals surface area contributed by atoms with Crippen LogP contribution in [0.5, 0.6) is 5.75 Å². The van der Waals surface area contributed by atoms with Crippen molar-refractivity contribution in [2.75, 3.05) is 14.2 Å². The second-order valence-electron chi connectivity index (χ2n) is 6.76. The van der Waals surface area contributed by atoms with Gasteiger partial charge in [0, 0.05) is 37.0 Å². The maximum Gasteiger partial charge on any atom is 0.273 e. The van der Waals surface area contributed by atoms with Crippen molar-refractivity contribution in [1.82, 2.24) is 24.4 Å². The van der Waals surface area contributed by atoms with Crippen LogP contribution in [0.4, 0.5) is 0 Å². The quantitative estimate of drug-likeness (QED) is 0.521. The van der Waals surface area contributed by atoms with E-state index in [-0.39, 0.29) is 5.56 Å². The molecule has 4 rings (SSSR count). The maximum absolute atomic E-state index is 12.8. The van der Waals surface area contributed by atoms with Crippen LogP contribution in [0.25, 0.3) is 28.0 Å². The summed E-state index contributed by atoms with van der Waals surface area (Å²) in [6, 6.07) is 9.17. The van der Waals surface area contributed by atoms with Crippen LogP contribution in [0.3, 0.4) is 0 Å². The summed E-state index contributed by atoms with van der Waals surface area (Å²) in [6.45, 7) is 3.24. The molecule has 0 spiro atoms. The molecular weight excluding hydrogens is 370 g/mol. The standard InChI is InChI=1S/C21H23N5O3/c1-4-9-25-12-15(11-22-25)17-10-19(27)26-21(23-17)20(18(24-26)13-28-2)14-5-7-16(29-3)8-6-14/h5-8,10-12,24H,4,9,13H2,1-3H3. The summed E-state index contributed by atoms with van der Waals surface area (Å²) in [7, 11) is 3.25. The summed E-state index contributed by atoms with van der Waals surface area (Å²) in [5, 5.41) is 7.48. The summed E-state index contributed by atoms with van der Waals surface area (Å²) in [5.74, 6) is 0.760. The monoisotopic (exact) mass is 393 g/mol. The van der Waals surface area contributed by atoms with Crippen LogP contribution in [0, 0.1) is 0 Å². The van der Waals surface area contributed by atoms with Crippen LogP contribution in [0.2, 0.25) is 0 Å². The summed E-state index contributed by atoms with van der Waals surface area (Å²) >= 11 is 0. The minimum absolute atomic E-state index is 0.189.